The first kappa shape index (κ1) is 23.2. The Morgan fingerprint density at radius 1 is 0.970 bits per heavy atom. The summed E-state index contributed by atoms with van der Waals surface area (Å²) < 4.78 is 38.1. The number of aromatic nitrogens is 1. The molecule has 9 heteroatoms. The van der Waals surface area contributed by atoms with E-state index in [0.29, 0.717) is 28.0 Å². The largest absolute Gasteiger partial charge is 0.494 e. The van der Waals surface area contributed by atoms with Crippen LogP contribution < -0.4 is 10.1 Å². The van der Waals surface area contributed by atoms with Crippen molar-refractivity contribution in [1.29, 1.82) is 0 Å². The van der Waals surface area contributed by atoms with Crippen molar-refractivity contribution in [3.05, 3.63) is 88.4 Å². The van der Waals surface area contributed by atoms with E-state index in [1.807, 2.05) is 25.1 Å². The van der Waals surface area contributed by atoms with Crippen LogP contribution in [0.1, 0.15) is 12.5 Å². The summed E-state index contributed by atoms with van der Waals surface area (Å²) in [5, 5.41) is 3.80. The van der Waals surface area contributed by atoms with Crippen LogP contribution in [0.3, 0.4) is 0 Å². The fraction of sp³-hybridized carbons (Fsp3) is 0.125. The highest BCUT2D eigenvalue weighted by molar-refractivity contribution is 7.91. The van der Waals surface area contributed by atoms with E-state index < -0.39 is 9.84 Å². The van der Waals surface area contributed by atoms with Crippen molar-refractivity contribution in [1.82, 2.24) is 4.98 Å². The van der Waals surface area contributed by atoms with Crippen LogP contribution in [0.4, 0.5) is 5.88 Å². The highest BCUT2D eigenvalue weighted by Crippen LogP contribution is 2.34. The molecule has 1 heterocycles. The SMILES string of the molecule is CCOc1ccc(-c2nc(S(=O)(=O)c3ccc(Cl)cc3)c(NCc3ccccc3Cl)o2)cc1. The molecule has 0 bridgehead atoms. The second-order valence-electron chi connectivity index (χ2n) is 7.01. The summed E-state index contributed by atoms with van der Waals surface area (Å²) in [5.74, 6) is 0.875. The molecule has 0 unspecified atom stereocenters. The molecule has 4 rings (SSSR count). The van der Waals surface area contributed by atoms with Crippen molar-refractivity contribution in [2.24, 2.45) is 0 Å². The maximum atomic E-state index is 13.4. The summed E-state index contributed by atoms with van der Waals surface area (Å²) in [6, 6.07) is 20.2. The van der Waals surface area contributed by atoms with Gasteiger partial charge in [-0.2, -0.15) is 4.98 Å². The number of hydrogen-bond donors (Lipinski definition) is 1. The molecule has 33 heavy (non-hydrogen) atoms. The average molecular weight is 503 g/mol. The molecule has 0 spiro atoms. The smallest absolute Gasteiger partial charge is 0.234 e. The van der Waals surface area contributed by atoms with Crippen molar-refractivity contribution in [3.8, 4) is 17.2 Å². The van der Waals surface area contributed by atoms with Gasteiger partial charge in [0.1, 0.15) is 5.75 Å². The normalized spacial score (nSPS) is 11.4. The Balaban J connectivity index is 1.74. The Kier molecular flexibility index (Phi) is 6.93. The third kappa shape index (κ3) is 5.16. The van der Waals surface area contributed by atoms with Gasteiger partial charge in [-0.25, -0.2) is 8.42 Å². The quantitative estimate of drug-likeness (QED) is 0.296. The van der Waals surface area contributed by atoms with Gasteiger partial charge in [-0.1, -0.05) is 41.4 Å². The second kappa shape index (κ2) is 9.87. The zero-order chi connectivity index (χ0) is 23.4. The van der Waals surface area contributed by atoms with Crippen LogP contribution >= 0.6 is 23.2 Å². The fourth-order valence-corrected chi connectivity index (χ4v) is 4.73. The van der Waals surface area contributed by atoms with Crippen LogP contribution in [0.2, 0.25) is 10.0 Å². The predicted octanol–water partition coefficient (Wildman–Crippen LogP) is 6.49. The molecule has 0 saturated heterocycles. The number of anilines is 1. The fourth-order valence-electron chi connectivity index (χ4n) is 3.13. The molecule has 4 aromatic rings. The Morgan fingerprint density at radius 3 is 2.33 bits per heavy atom. The molecule has 0 fully saturated rings. The Morgan fingerprint density at radius 2 is 1.67 bits per heavy atom. The molecule has 1 aromatic heterocycles. The van der Waals surface area contributed by atoms with Gasteiger partial charge in [-0.15, -0.1) is 0 Å². The van der Waals surface area contributed by atoms with Gasteiger partial charge in [0.05, 0.1) is 11.5 Å². The van der Waals surface area contributed by atoms with E-state index in [0.717, 1.165) is 5.56 Å². The Hall–Kier alpha value is -3.00. The van der Waals surface area contributed by atoms with E-state index >= 15 is 0 Å². The zero-order valence-corrected chi connectivity index (χ0v) is 19.9. The van der Waals surface area contributed by atoms with Crippen LogP contribution in [0.15, 0.2) is 87.1 Å². The van der Waals surface area contributed by atoms with Gasteiger partial charge in [-0.05, 0) is 67.1 Å². The van der Waals surface area contributed by atoms with Crippen LogP contribution in [0.5, 0.6) is 5.75 Å². The minimum Gasteiger partial charge on any atom is -0.494 e. The second-order valence-corrected chi connectivity index (χ2v) is 9.72. The first-order valence-corrected chi connectivity index (χ1v) is 12.3. The molecule has 0 aliphatic carbocycles. The van der Waals surface area contributed by atoms with Gasteiger partial charge < -0.3 is 14.5 Å². The minimum absolute atomic E-state index is 0.0220. The maximum absolute atomic E-state index is 13.4. The first-order chi connectivity index (χ1) is 15.9. The number of rotatable bonds is 8. The number of halogens is 2. The summed E-state index contributed by atoms with van der Waals surface area (Å²) in [7, 11) is -3.99. The number of ether oxygens (including phenoxy) is 1. The van der Waals surface area contributed by atoms with Crippen molar-refractivity contribution >= 4 is 38.9 Å². The summed E-state index contributed by atoms with van der Waals surface area (Å²) in [6.45, 7) is 2.69. The highest BCUT2D eigenvalue weighted by Gasteiger charge is 2.28. The van der Waals surface area contributed by atoms with Crippen LogP contribution in [0, 0.1) is 0 Å². The molecular formula is C24H20Cl2N2O4S. The van der Waals surface area contributed by atoms with Gasteiger partial charge in [0.25, 0.3) is 0 Å². The monoisotopic (exact) mass is 502 g/mol. The minimum atomic E-state index is -3.99. The molecule has 0 radical (unpaired) electrons. The molecule has 0 saturated carbocycles. The van der Waals surface area contributed by atoms with Crippen LogP contribution in [-0.4, -0.2) is 20.0 Å². The van der Waals surface area contributed by atoms with E-state index in [1.54, 1.807) is 30.3 Å². The topological polar surface area (TPSA) is 81.4 Å². The highest BCUT2D eigenvalue weighted by atomic mass is 35.5. The van der Waals surface area contributed by atoms with Crippen molar-refractivity contribution in [2.75, 3.05) is 11.9 Å². The molecule has 170 valence electrons. The van der Waals surface area contributed by atoms with Gasteiger partial charge in [0, 0.05) is 22.2 Å². The van der Waals surface area contributed by atoms with Gasteiger partial charge in [-0.3, -0.25) is 0 Å². The van der Waals surface area contributed by atoms with E-state index in [-0.39, 0.29) is 28.2 Å². The lowest BCUT2D eigenvalue weighted by Crippen LogP contribution is -2.07. The van der Waals surface area contributed by atoms with Crippen molar-refractivity contribution in [2.45, 2.75) is 23.4 Å². The molecule has 3 aromatic carbocycles. The zero-order valence-electron chi connectivity index (χ0n) is 17.6. The van der Waals surface area contributed by atoms with Crippen LogP contribution in [0.25, 0.3) is 11.5 Å². The molecular weight excluding hydrogens is 483 g/mol. The van der Waals surface area contributed by atoms with E-state index in [4.69, 9.17) is 32.4 Å². The van der Waals surface area contributed by atoms with Crippen molar-refractivity contribution in [3.63, 3.8) is 0 Å². The molecule has 0 aliphatic rings. The lowest BCUT2D eigenvalue weighted by molar-refractivity contribution is 0.340. The number of benzene rings is 3. The van der Waals surface area contributed by atoms with Gasteiger partial charge in [0.2, 0.25) is 26.6 Å². The lowest BCUT2D eigenvalue weighted by Gasteiger charge is -2.07. The number of nitrogens with zero attached hydrogens (tertiary/aromatic N) is 1. The average Bonchev–Trinajstić information content (AvgIpc) is 3.25. The third-order valence-corrected chi connectivity index (χ3v) is 7.08. The first-order valence-electron chi connectivity index (χ1n) is 10.1. The van der Waals surface area contributed by atoms with Gasteiger partial charge >= 0.3 is 0 Å². The maximum Gasteiger partial charge on any atom is 0.234 e. The van der Waals surface area contributed by atoms with E-state index in [2.05, 4.69) is 10.3 Å². The molecule has 0 aliphatic heterocycles. The van der Waals surface area contributed by atoms with Crippen LogP contribution in [-0.2, 0) is 16.4 Å². The van der Waals surface area contributed by atoms with Gasteiger partial charge in [0.15, 0.2) is 0 Å². The van der Waals surface area contributed by atoms with E-state index in [1.165, 1.54) is 24.3 Å². The molecule has 1 N–H and O–H groups in total. The summed E-state index contributed by atoms with van der Waals surface area (Å²) in [6.07, 6.45) is 0. The summed E-state index contributed by atoms with van der Waals surface area (Å²) in [5.41, 5.74) is 1.39. The third-order valence-electron chi connectivity index (χ3n) is 4.78. The molecule has 6 nitrogen and oxygen atoms in total. The molecule has 0 amide bonds. The summed E-state index contributed by atoms with van der Waals surface area (Å²) in [4.78, 5) is 4.39. The number of hydrogen-bond acceptors (Lipinski definition) is 6. The summed E-state index contributed by atoms with van der Waals surface area (Å²) >= 11 is 12.2. The van der Waals surface area contributed by atoms with Crippen molar-refractivity contribution < 1.29 is 17.6 Å². The lowest BCUT2D eigenvalue weighted by atomic mass is 10.2. The predicted molar refractivity (Wildman–Crippen MR) is 129 cm³/mol. The number of oxazole rings is 1. The Bertz CT molecular complexity index is 1350. The number of sulfone groups is 1. The number of nitrogens with one attached hydrogen (secondary N) is 1. The standard InChI is InChI=1S/C24H20Cl2N2O4S/c1-2-31-19-11-7-16(8-12-19)22-28-24(33(29,30)20-13-9-18(25)10-14-20)23(32-22)27-15-17-5-3-4-6-21(17)26/h3-14,27H,2,15H2,1H3. The Labute approximate surface area is 202 Å². The van der Waals surface area contributed by atoms with E-state index in [9.17, 15) is 8.42 Å². The molecule has 0 atom stereocenters.